The molecule has 1 fully saturated rings. The third kappa shape index (κ3) is 5.71. The summed E-state index contributed by atoms with van der Waals surface area (Å²) in [6.45, 7) is 1.57. The van der Waals surface area contributed by atoms with Crippen molar-refractivity contribution >= 4 is 46.6 Å². The van der Waals surface area contributed by atoms with Gasteiger partial charge in [-0.05, 0) is 55.3 Å². The van der Waals surface area contributed by atoms with Crippen LogP contribution < -0.4 is 10.6 Å². The molecule has 1 aliphatic heterocycles. The van der Waals surface area contributed by atoms with E-state index in [0.29, 0.717) is 39.9 Å². The summed E-state index contributed by atoms with van der Waals surface area (Å²) in [7, 11) is 0. The molecule has 0 radical (unpaired) electrons. The summed E-state index contributed by atoms with van der Waals surface area (Å²) >= 11 is 11.9. The van der Waals surface area contributed by atoms with Crippen LogP contribution >= 0.6 is 23.2 Å². The molecule has 2 aromatic carbocycles. The Labute approximate surface area is 179 Å². The highest BCUT2D eigenvalue weighted by Gasteiger charge is 2.23. The molecule has 29 heavy (non-hydrogen) atoms. The van der Waals surface area contributed by atoms with Gasteiger partial charge in [0, 0.05) is 41.7 Å². The molecule has 0 saturated carbocycles. The average molecular weight is 434 g/mol. The summed E-state index contributed by atoms with van der Waals surface area (Å²) in [5.41, 5.74) is 1.25. The van der Waals surface area contributed by atoms with Crippen LogP contribution in [0.15, 0.2) is 42.5 Å². The maximum Gasteiger partial charge on any atom is 0.256 e. The number of carbonyl (C=O) groups excluding carboxylic acids is 3. The second-order valence-corrected chi connectivity index (χ2v) is 7.62. The molecule has 0 unspecified atom stereocenters. The Balaban J connectivity index is 1.57. The zero-order valence-corrected chi connectivity index (χ0v) is 17.2. The summed E-state index contributed by atoms with van der Waals surface area (Å²) < 4.78 is 0. The van der Waals surface area contributed by atoms with E-state index < -0.39 is 0 Å². The highest BCUT2D eigenvalue weighted by atomic mass is 35.5. The number of benzene rings is 2. The first-order valence-corrected chi connectivity index (χ1v) is 10.1. The van der Waals surface area contributed by atoms with Gasteiger partial charge in [-0.15, -0.1) is 0 Å². The minimum absolute atomic E-state index is 0.0688. The summed E-state index contributed by atoms with van der Waals surface area (Å²) in [6, 6.07) is 11.3. The largest absolute Gasteiger partial charge is 0.352 e. The Bertz CT molecular complexity index is 910. The van der Waals surface area contributed by atoms with Crippen LogP contribution in [-0.4, -0.2) is 42.3 Å². The first kappa shape index (κ1) is 21.1. The number of halogens is 2. The van der Waals surface area contributed by atoms with Gasteiger partial charge in [-0.2, -0.15) is 0 Å². The summed E-state index contributed by atoms with van der Waals surface area (Å²) in [6.07, 6.45) is 2.02. The normalized spacial score (nSPS) is 13.2. The molecule has 1 heterocycles. The molecule has 3 amide bonds. The van der Waals surface area contributed by atoms with Gasteiger partial charge >= 0.3 is 0 Å². The van der Waals surface area contributed by atoms with Gasteiger partial charge < -0.3 is 15.5 Å². The van der Waals surface area contributed by atoms with Crippen molar-refractivity contribution < 1.29 is 14.4 Å². The summed E-state index contributed by atoms with van der Waals surface area (Å²) in [5.74, 6) is -0.735. The van der Waals surface area contributed by atoms with E-state index in [4.69, 9.17) is 23.2 Å². The summed E-state index contributed by atoms with van der Waals surface area (Å²) in [5, 5.41) is 6.41. The predicted octanol–water partition coefficient (Wildman–Crippen LogP) is 3.99. The van der Waals surface area contributed by atoms with Gasteiger partial charge in [0.2, 0.25) is 5.91 Å². The SMILES string of the molecule is O=C(CCNC(=O)c1ccc(Cl)cc1)Nc1ccc(Cl)cc1C(=O)N1CCCC1. The topological polar surface area (TPSA) is 78.5 Å². The van der Waals surface area contributed by atoms with E-state index in [-0.39, 0.29) is 30.7 Å². The van der Waals surface area contributed by atoms with Crippen molar-refractivity contribution in [2.75, 3.05) is 25.0 Å². The number of anilines is 1. The molecular weight excluding hydrogens is 413 g/mol. The lowest BCUT2D eigenvalue weighted by Crippen LogP contribution is -2.30. The van der Waals surface area contributed by atoms with Crippen molar-refractivity contribution in [2.45, 2.75) is 19.3 Å². The predicted molar refractivity (Wildman–Crippen MR) is 114 cm³/mol. The smallest absolute Gasteiger partial charge is 0.256 e. The zero-order chi connectivity index (χ0) is 20.8. The van der Waals surface area contributed by atoms with Crippen molar-refractivity contribution in [3.8, 4) is 0 Å². The van der Waals surface area contributed by atoms with Crippen LogP contribution in [0.2, 0.25) is 10.0 Å². The van der Waals surface area contributed by atoms with Crippen LogP contribution in [0.4, 0.5) is 5.69 Å². The zero-order valence-electron chi connectivity index (χ0n) is 15.7. The molecule has 8 heteroatoms. The Morgan fingerprint density at radius 3 is 2.28 bits per heavy atom. The molecule has 0 aliphatic carbocycles. The molecule has 0 bridgehead atoms. The molecule has 2 N–H and O–H groups in total. The second kappa shape index (κ2) is 9.76. The number of nitrogens with zero attached hydrogens (tertiary/aromatic N) is 1. The number of carbonyl (C=O) groups is 3. The fraction of sp³-hybridized carbons (Fsp3) is 0.286. The molecular formula is C21H21Cl2N3O3. The molecule has 0 spiro atoms. The first-order chi connectivity index (χ1) is 13.9. The number of likely N-dealkylation sites (tertiary alicyclic amines) is 1. The molecule has 0 atom stereocenters. The third-order valence-corrected chi connectivity index (χ3v) is 5.11. The van der Waals surface area contributed by atoms with E-state index >= 15 is 0 Å². The Kier molecular flexibility index (Phi) is 7.12. The van der Waals surface area contributed by atoms with E-state index in [9.17, 15) is 14.4 Å². The fourth-order valence-corrected chi connectivity index (χ4v) is 3.40. The van der Waals surface area contributed by atoms with Crippen LogP contribution in [0.3, 0.4) is 0 Å². The van der Waals surface area contributed by atoms with Crippen molar-refractivity contribution in [3.05, 3.63) is 63.6 Å². The number of hydrogen-bond donors (Lipinski definition) is 2. The molecule has 6 nitrogen and oxygen atoms in total. The standard InChI is InChI=1S/C21H21Cl2N3O3/c22-15-5-3-14(4-6-15)20(28)24-10-9-19(27)25-18-8-7-16(23)13-17(18)21(29)26-11-1-2-12-26/h3-8,13H,1-2,9-12H2,(H,24,28)(H,25,27). The minimum Gasteiger partial charge on any atom is -0.352 e. The van der Waals surface area contributed by atoms with Crippen LogP contribution in [-0.2, 0) is 4.79 Å². The molecule has 1 aliphatic rings. The van der Waals surface area contributed by atoms with Gasteiger partial charge in [0.1, 0.15) is 0 Å². The highest BCUT2D eigenvalue weighted by molar-refractivity contribution is 6.31. The van der Waals surface area contributed by atoms with Crippen LogP contribution in [0.5, 0.6) is 0 Å². The monoisotopic (exact) mass is 433 g/mol. The molecule has 1 saturated heterocycles. The first-order valence-electron chi connectivity index (χ1n) is 9.36. The third-order valence-electron chi connectivity index (χ3n) is 4.62. The van der Waals surface area contributed by atoms with E-state index in [2.05, 4.69) is 10.6 Å². The van der Waals surface area contributed by atoms with Crippen molar-refractivity contribution in [3.63, 3.8) is 0 Å². The Morgan fingerprint density at radius 1 is 0.931 bits per heavy atom. The van der Waals surface area contributed by atoms with Crippen LogP contribution in [0, 0.1) is 0 Å². The number of amides is 3. The van der Waals surface area contributed by atoms with E-state index in [1.165, 1.54) is 0 Å². The second-order valence-electron chi connectivity index (χ2n) is 6.75. The lowest BCUT2D eigenvalue weighted by atomic mass is 10.1. The quantitative estimate of drug-likeness (QED) is 0.722. The number of rotatable bonds is 6. The highest BCUT2D eigenvalue weighted by Crippen LogP contribution is 2.24. The molecule has 152 valence electrons. The lowest BCUT2D eigenvalue weighted by Gasteiger charge is -2.18. The van der Waals surface area contributed by atoms with E-state index in [1.54, 1.807) is 47.4 Å². The van der Waals surface area contributed by atoms with Crippen molar-refractivity contribution in [2.24, 2.45) is 0 Å². The Morgan fingerprint density at radius 2 is 1.59 bits per heavy atom. The number of nitrogens with one attached hydrogen (secondary N) is 2. The van der Waals surface area contributed by atoms with Crippen LogP contribution in [0.25, 0.3) is 0 Å². The van der Waals surface area contributed by atoms with Crippen molar-refractivity contribution in [1.82, 2.24) is 10.2 Å². The molecule has 3 rings (SSSR count). The minimum atomic E-state index is -0.306. The lowest BCUT2D eigenvalue weighted by molar-refractivity contribution is -0.116. The van der Waals surface area contributed by atoms with Gasteiger partial charge in [0.05, 0.1) is 11.3 Å². The van der Waals surface area contributed by atoms with Crippen molar-refractivity contribution in [1.29, 1.82) is 0 Å². The number of hydrogen-bond acceptors (Lipinski definition) is 3. The average Bonchev–Trinajstić information content (AvgIpc) is 3.24. The van der Waals surface area contributed by atoms with Gasteiger partial charge in [0.15, 0.2) is 0 Å². The van der Waals surface area contributed by atoms with Gasteiger partial charge in [0.25, 0.3) is 11.8 Å². The molecule has 2 aromatic rings. The maximum absolute atomic E-state index is 12.7. The molecule has 0 aromatic heterocycles. The van der Waals surface area contributed by atoms with Crippen LogP contribution in [0.1, 0.15) is 40.0 Å². The summed E-state index contributed by atoms with van der Waals surface area (Å²) in [4.78, 5) is 38.9. The van der Waals surface area contributed by atoms with Gasteiger partial charge in [-0.1, -0.05) is 23.2 Å². The van der Waals surface area contributed by atoms with E-state index in [1.807, 2.05) is 0 Å². The van der Waals surface area contributed by atoms with E-state index in [0.717, 1.165) is 12.8 Å². The fourth-order valence-electron chi connectivity index (χ4n) is 3.10. The maximum atomic E-state index is 12.7. The van der Waals surface area contributed by atoms with Gasteiger partial charge in [-0.3, -0.25) is 14.4 Å². The Hall–Kier alpha value is -2.57. The van der Waals surface area contributed by atoms with Gasteiger partial charge in [-0.25, -0.2) is 0 Å².